The van der Waals surface area contributed by atoms with Gasteiger partial charge in [0.2, 0.25) is 0 Å². The molecule has 0 bridgehead atoms. The molecule has 2 atom stereocenters. The topological polar surface area (TPSA) is 71.2 Å². The van der Waals surface area contributed by atoms with Crippen LogP contribution in [-0.4, -0.2) is 49.9 Å². The first kappa shape index (κ1) is 15.7. The van der Waals surface area contributed by atoms with Gasteiger partial charge in [-0.2, -0.15) is 5.10 Å². The third-order valence-corrected chi connectivity index (χ3v) is 4.42. The number of aryl methyl sites for hydroxylation is 1. The van der Waals surface area contributed by atoms with Crippen LogP contribution in [0.3, 0.4) is 0 Å². The molecule has 3 rings (SSSR count). The molecule has 0 saturated carbocycles. The van der Waals surface area contributed by atoms with E-state index < -0.39 is 0 Å². The molecule has 2 heterocycles. The largest absolute Gasteiger partial charge is 0.393 e. The summed E-state index contributed by atoms with van der Waals surface area (Å²) < 4.78 is 1.65. The zero-order valence-corrected chi connectivity index (χ0v) is 13.5. The Balaban J connectivity index is 1.72. The number of carbonyl (C=O) groups excluding carboxylic acids is 1. The normalized spacial score (nSPS) is 19.6. The molecule has 1 saturated heterocycles. The summed E-state index contributed by atoms with van der Waals surface area (Å²) in [5.41, 5.74) is 1.55. The van der Waals surface area contributed by atoms with Crippen molar-refractivity contribution < 1.29 is 9.90 Å². The van der Waals surface area contributed by atoms with Crippen LogP contribution in [0.15, 0.2) is 30.6 Å². The van der Waals surface area contributed by atoms with Crippen LogP contribution in [0.25, 0.3) is 11.4 Å². The van der Waals surface area contributed by atoms with E-state index in [1.54, 1.807) is 17.9 Å². The molecule has 1 aliphatic heterocycles. The summed E-state index contributed by atoms with van der Waals surface area (Å²) in [6.45, 7) is 3.18. The van der Waals surface area contributed by atoms with Crippen LogP contribution < -0.4 is 0 Å². The van der Waals surface area contributed by atoms with Gasteiger partial charge in [0.15, 0.2) is 5.82 Å². The summed E-state index contributed by atoms with van der Waals surface area (Å²) in [7, 11) is 1.82. The third-order valence-electron chi connectivity index (χ3n) is 4.42. The highest BCUT2D eigenvalue weighted by molar-refractivity contribution is 5.94. The number of piperidine rings is 1. The smallest absolute Gasteiger partial charge is 0.253 e. The fourth-order valence-corrected chi connectivity index (χ4v) is 3.00. The lowest BCUT2D eigenvalue weighted by molar-refractivity contribution is 0.0466. The highest BCUT2D eigenvalue weighted by Crippen LogP contribution is 2.22. The quantitative estimate of drug-likeness (QED) is 0.936. The summed E-state index contributed by atoms with van der Waals surface area (Å²) in [5, 5.41) is 14.0. The van der Waals surface area contributed by atoms with Crippen LogP contribution in [0.4, 0.5) is 0 Å². The molecule has 1 fully saturated rings. The molecular weight excluding hydrogens is 292 g/mol. The monoisotopic (exact) mass is 314 g/mol. The summed E-state index contributed by atoms with van der Waals surface area (Å²) in [6.07, 6.45) is 3.20. The fourth-order valence-electron chi connectivity index (χ4n) is 3.00. The Hall–Kier alpha value is -2.21. The Morgan fingerprint density at radius 1 is 1.35 bits per heavy atom. The van der Waals surface area contributed by atoms with Crippen molar-refractivity contribution in [2.24, 2.45) is 13.0 Å². The number of hydrogen-bond acceptors (Lipinski definition) is 4. The zero-order valence-electron chi connectivity index (χ0n) is 13.5. The maximum atomic E-state index is 12.6. The van der Waals surface area contributed by atoms with Gasteiger partial charge in [0.1, 0.15) is 6.33 Å². The molecule has 1 aromatic heterocycles. The van der Waals surface area contributed by atoms with Gasteiger partial charge in [-0.25, -0.2) is 4.98 Å². The van der Waals surface area contributed by atoms with E-state index in [1.165, 1.54) is 0 Å². The Morgan fingerprint density at radius 2 is 2.09 bits per heavy atom. The Kier molecular flexibility index (Phi) is 4.43. The van der Waals surface area contributed by atoms with Gasteiger partial charge in [-0.05, 0) is 31.9 Å². The van der Waals surface area contributed by atoms with Crippen molar-refractivity contribution in [1.29, 1.82) is 0 Å². The van der Waals surface area contributed by atoms with Gasteiger partial charge in [-0.15, -0.1) is 0 Å². The van der Waals surface area contributed by atoms with E-state index in [2.05, 4.69) is 10.1 Å². The molecule has 6 heteroatoms. The number of amides is 1. The number of aliphatic hydroxyl groups excluding tert-OH is 1. The minimum Gasteiger partial charge on any atom is -0.393 e. The lowest BCUT2D eigenvalue weighted by atomic mass is 9.93. The van der Waals surface area contributed by atoms with Crippen molar-refractivity contribution in [3.8, 4) is 11.4 Å². The number of rotatable bonds is 3. The van der Waals surface area contributed by atoms with Gasteiger partial charge in [0.05, 0.1) is 6.10 Å². The number of carbonyl (C=O) groups is 1. The van der Waals surface area contributed by atoms with Crippen molar-refractivity contribution in [3.05, 3.63) is 36.2 Å². The SMILES string of the molecule is CC(O)C1CCCN(C(=O)c2ccc(-c3ncn(C)n3)cc2)C1. The second kappa shape index (κ2) is 6.50. The molecule has 2 aromatic rings. The number of aliphatic hydroxyl groups is 1. The van der Waals surface area contributed by atoms with E-state index in [4.69, 9.17) is 0 Å². The number of likely N-dealkylation sites (tertiary alicyclic amines) is 1. The lowest BCUT2D eigenvalue weighted by Crippen LogP contribution is -2.42. The molecule has 0 spiro atoms. The van der Waals surface area contributed by atoms with Gasteiger partial charge in [-0.3, -0.25) is 9.48 Å². The highest BCUT2D eigenvalue weighted by Gasteiger charge is 2.27. The zero-order chi connectivity index (χ0) is 16.4. The maximum absolute atomic E-state index is 12.6. The predicted octanol–water partition coefficient (Wildman–Crippen LogP) is 1.72. The standard InChI is InChI=1S/C17H22N4O2/c1-12(22)15-4-3-9-21(10-15)17(23)14-7-5-13(6-8-14)16-18-11-20(2)19-16/h5-8,11-12,15,22H,3-4,9-10H2,1-2H3. The number of aromatic nitrogens is 3. The average molecular weight is 314 g/mol. The van der Waals surface area contributed by atoms with Gasteiger partial charge in [0, 0.05) is 37.2 Å². The number of hydrogen-bond donors (Lipinski definition) is 1. The minimum atomic E-state index is -0.372. The van der Waals surface area contributed by atoms with E-state index in [9.17, 15) is 9.90 Å². The second-order valence-corrected chi connectivity index (χ2v) is 6.21. The maximum Gasteiger partial charge on any atom is 0.253 e. The Morgan fingerprint density at radius 3 is 2.70 bits per heavy atom. The molecule has 1 aromatic carbocycles. The molecule has 6 nitrogen and oxygen atoms in total. The van der Waals surface area contributed by atoms with Crippen molar-refractivity contribution in [2.45, 2.75) is 25.9 Å². The van der Waals surface area contributed by atoms with Crippen molar-refractivity contribution in [1.82, 2.24) is 19.7 Å². The van der Waals surface area contributed by atoms with Crippen LogP contribution in [0.2, 0.25) is 0 Å². The first-order valence-corrected chi connectivity index (χ1v) is 7.98. The van der Waals surface area contributed by atoms with Crippen LogP contribution in [0.1, 0.15) is 30.1 Å². The molecule has 1 aliphatic rings. The second-order valence-electron chi connectivity index (χ2n) is 6.21. The molecule has 1 N–H and O–H groups in total. The summed E-state index contributed by atoms with van der Waals surface area (Å²) in [5.74, 6) is 0.846. The van der Waals surface area contributed by atoms with Gasteiger partial charge >= 0.3 is 0 Å². The van der Waals surface area contributed by atoms with Crippen molar-refractivity contribution in [3.63, 3.8) is 0 Å². The molecule has 122 valence electrons. The molecular formula is C17H22N4O2. The van der Waals surface area contributed by atoms with E-state index in [1.807, 2.05) is 36.2 Å². The van der Waals surface area contributed by atoms with Gasteiger partial charge in [0.25, 0.3) is 5.91 Å². The number of nitrogens with zero attached hydrogens (tertiary/aromatic N) is 4. The van der Waals surface area contributed by atoms with Crippen LogP contribution in [0.5, 0.6) is 0 Å². The summed E-state index contributed by atoms with van der Waals surface area (Å²) in [6, 6.07) is 7.39. The molecule has 23 heavy (non-hydrogen) atoms. The highest BCUT2D eigenvalue weighted by atomic mass is 16.3. The summed E-state index contributed by atoms with van der Waals surface area (Å²) >= 11 is 0. The van der Waals surface area contributed by atoms with E-state index in [0.29, 0.717) is 17.9 Å². The molecule has 1 amide bonds. The Bertz CT molecular complexity index is 678. The molecule has 0 radical (unpaired) electrons. The van der Waals surface area contributed by atoms with Crippen molar-refractivity contribution in [2.75, 3.05) is 13.1 Å². The first-order valence-electron chi connectivity index (χ1n) is 7.98. The number of benzene rings is 1. The van der Waals surface area contributed by atoms with E-state index >= 15 is 0 Å². The fraction of sp³-hybridized carbons (Fsp3) is 0.471. The van der Waals surface area contributed by atoms with E-state index in [-0.39, 0.29) is 17.9 Å². The predicted molar refractivity (Wildman–Crippen MR) is 86.7 cm³/mol. The summed E-state index contributed by atoms with van der Waals surface area (Å²) in [4.78, 5) is 18.7. The minimum absolute atomic E-state index is 0.0240. The Labute approximate surface area is 135 Å². The third kappa shape index (κ3) is 3.42. The van der Waals surface area contributed by atoms with Crippen molar-refractivity contribution >= 4 is 5.91 Å². The van der Waals surface area contributed by atoms with Gasteiger partial charge < -0.3 is 10.0 Å². The van der Waals surface area contributed by atoms with Crippen LogP contribution >= 0.6 is 0 Å². The molecule has 0 aliphatic carbocycles. The van der Waals surface area contributed by atoms with Gasteiger partial charge in [-0.1, -0.05) is 12.1 Å². The average Bonchev–Trinajstić information content (AvgIpc) is 3.01. The first-order chi connectivity index (χ1) is 11.0. The molecule has 2 unspecified atom stereocenters. The van der Waals surface area contributed by atoms with Crippen LogP contribution in [-0.2, 0) is 7.05 Å². The van der Waals surface area contributed by atoms with E-state index in [0.717, 1.165) is 24.9 Å². The lowest BCUT2D eigenvalue weighted by Gasteiger charge is -2.34. The van der Waals surface area contributed by atoms with Crippen LogP contribution in [0, 0.1) is 5.92 Å².